The number of esters is 1. The van der Waals surface area contributed by atoms with Crippen molar-refractivity contribution in [2.24, 2.45) is 0 Å². The van der Waals surface area contributed by atoms with Crippen molar-refractivity contribution in [2.45, 2.75) is 19.0 Å². The number of pyridine rings is 1. The molecule has 1 aromatic heterocycles. The molecule has 1 unspecified atom stereocenters. The first kappa shape index (κ1) is 13.4. The summed E-state index contributed by atoms with van der Waals surface area (Å²) in [6.07, 6.45) is 2.28. The average Bonchev–Trinajstić information content (AvgIpc) is 2.42. The van der Waals surface area contributed by atoms with Gasteiger partial charge in [-0.2, -0.15) is 11.8 Å². The van der Waals surface area contributed by atoms with Crippen molar-refractivity contribution in [3.8, 4) is 0 Å². The van der Waals surface area contributed by atoms with E-state index in [1.165, 1.54) is 7.11 Å². The Hall–Kier alpha value is -1.07. The summed E-state index contributed by atoms with van der Waals surface area (Å²) >= 11 is 1.90. The maximum absolute atomic E-state index is 11.4. The fourth-order valence-electron chi connectivity index (χ4n) is 2.06. The number of hydrogen-bond acceptors (Lipinski definition) is 5. The second-order valence-electron chi connectivity index (χ2n) is 4.30. The third-order valence-corrected chi connectivity index (χ3v) is 4.16. The van der Waals surface area contributed by atoms with Crippen LogP contribution in [0.3, 0.4) is 0 Å². The second kappa shape index (κ2) is 6.75. The lowest BCUT2D eigenvalue weighted by Gasteiger charge is -2.34. The first-order chi connectivity index (χ1) is 8.79. The van der Waals surface area contributed by atoms with E-state index in [0.717, 1.165) is 30.3 Å². The van der Waals surface area contributed by atoms with Crippen LogP contribution in [0.1, 0.15) is 12.1 Å². The molecule has 1 aromatic rings. The van der Waals surface area contributed by atoms with Crippen molar-refractivity contribution in [3.63, 3.8) is 0 Å². The number of carbonyl (C=O) groups excluding carboxylic acids is 1. The van der Waals surface area contributed by atoms with Gasteiger partial charge < -0.3 is 4.74 Å². The molecule has 98 valence electrons. The van der Waals surface area contributed by atoms with Crippen LogP contribution in [0.25, 0.3) is 0 Å². The Morgan fingerprint density at radius 1 is 1.61 bits per heavy atom. The number of hydrogen-bond donors (Lipinski definition) is 0. The van der Waals surface area contributed by atoms with E-state index in [1.54, 1.807) is 0 Å². The molecule has 18 heavy (non-hydrogen) atoms. The van der Waals surface area contributed by atoms with Gasteiger partial charge in [-0.05, 0) is 12.1 Å². The molecule has 1 atom stereocenters. The van der Waals surface area contributed by atoms with Gasteiger partial charge in [-0.25, -0.2) is 0 Å². The van der Waals surface area contributed by atoms with Gasteiger partial charge in [-0.15, -0.1) is 0 Å². The Kier molecular flexibility index (Phi) is 5.01. The van der Waals surface area contributed by atoms with Gasteiger partial charge in [0.25, 0.3) is 0 Å². The van der Waals surface area contributed by atoms with E-state index in [-0.39, 0.29) is 12.0 Å². The van der Waals surface area contributed by atoms with Crippen LogP contribution in [0, 0.1) is 0 Å². The first-order valence-electron chi connectivity index (χ1n) is 6.08. The molecule has 0 bridgehead atoms. The van der Waals surface area contributed by atoms with E-state index in [2.05, 4.69) is 9.88 Å². The molecule has 1 fully saturated rings. The largest absolute Gasteiger partial charge is 0.469 e. The molecule has 0 amide bonds. The molecule has 1 saturated heterocycles. The zero-order chi connectivity index (χ0) is 12.8. The van der Waals surface area contributed by atoms with Gasteiger partial charge >= 0.3 is 5.97 Å². The lowest BCUT2D eigenvalue weighted by molar-refractivity contribution is -0.141. The molecule has 4 nitrogen and oxygen atoms in total. The Morgan fingerprint density at radius 2 is 2.50 bits per heavy atom. The molecule has 0 saturated carbocycles. The van der Waals surface area contributed by atoms with Gasteiger partial charge in [-0.3, -0.25) is 14.7 Å². The van der Waals surface area contributed by atoms with E-state index in [4.69, 9.17) is 4.74 Å². The van der Waals surface area contributed by atoms with E-state index in [9.17, 15) is 4.79 Å². The van der Waals surface area contributed by atoms with Gasteiger partial charge in [0.15, 0.2) is 0 Å². The van der Waals surface area contributed by atoms with Crippen LogP contribution >= 0.6 is 11.8 Å². The zero-order valence-corrected chi connectivity index (χ0v) is 11.4. The van der Waals surface area contributed by atoms with Crippen LogP contribution in [-0.2, 0) is 16.1 Å². The van der Waals surface area contributed by atoms with Crippen LogP contribution in [-0.4, -0.2) is 47.1 Å². The minimum atomic E-state index is -0.131. The van der Waals surface area contributed by atoms with E-state index in [1.807, 2.05) is 36.2 Å². The normalized spacial score (nSPS) is 20.6. The molecular formula is C13H18N2O2S. The highest BCUT2D eigenvalue weighted by Crippen LogP contribution is 2.21. The smallest absolute Gasteiger partial charge is 0.307 e. The Bertz CT molecular complexity index is 386. The van der Waals surface area contributed by atoms with Crippen molar-refractivity contribution in [3.05, 3.63) is 30.1 Å². The third-order valence-electron chi connectivity index (χ3n) is 3.07. The highest BCUT2D eigenvalue weighted by atomic mass is 32.2. The number of aromatic nitrogens is 1. The monoisotopic (exact) mass is 266 g/mol. The van der Waals surface area contributed by atoms with Gasteiger partial charge in [0, 0.05) is 36.8 Å². The number of carbonyl (C=O) groups is 1. The van der Waals surface area contributed by atoms with Crippen molar-refractivity contribution < 1.29 is 9.53 Å². The Balaban J connectivity index is 1.97. The van der Waals surface area contributed by atoms with E-state index >= 15 is 0 Å². The highest BCUT2D eigenvalue weighted by Gasteiger charge is 2.25. The molecule has 0 radical (unpaired) electrons. The summed E-state index contributed by atoms with van der Waals surface area (Å²) in [6, 6.07) is 6.20. The van der Waals surface area contributed by atoms with Gasteiger partial charge in [-0.1, -0.05) is 6.07 Å². The van der Waals surface area contributed by atoms with Crippen LogP contribution in [0.4, 0.5) is 0 Å². The minimum Gasteiger partial charge on any atom is -0.469 e. The highest BCUT2D eigenvalue weighted by molar-refractivity contribution is 7.99. The number of rotatable bonds is 4. The fraction of sp³-hybridized carbons (Fsp3) is 0.538. The third kappa shape index (κ3) is 3.71. The predicted octanol–water partition coefficient (Wildman–Crippen LogP) is 1.56. The van der Waals surface area contributed by atoms with Crippen LogP contribution < -0.4 is 0 Å². The predicted molar refractivity (Wildman–Crippen MR) is 72.4 cm³/mol. The van der Waals surface area contributed by atoms with Crippen molar-refractivity contribution >= 4 is 17.7 Å². The second-order valence-corrected chi connectivity index (χ2v) is 5.45. The molecule has 5 heteroatoms. The molecule has 1 aliphatic rings. The SMILES string of the molecule is COC(=O)CC1CSCCN1Cc1ccccn1. The molecule has 0 aromatic carbocycles. The lowest BCUT2D eigenvalue weighted by atomic mass is 10.2. The summed E-state index contributed by atoms with van der Waals surface area (Å²) in [5.41, 5.74) is 1.05. The molecule has 2 heterocycles. The van der Waals surface area contributed by atoms with E-state index < -0.39 is 0 Å². The van der Waals surface area contributed by atoms with Crippen molar-refractivity contribution in [1.29, 1.82) is 0 Å². The summed E-state index contributed by atoms with van der Waals surface area (Å²) < 4.78 is 4.76. The number of thioether (sulfide) groups is 1. The van der Waals surface area contributed by atoms with Gasteiger partial charge in [0.05, 0.1) is 19.2 Å². The van der Waals surface area contributed by atoms with Crippen molar-refractivity contribution in [1.82, 2.24) is 9.88 Å². The molecule has 2 rings (SSSR count). The Morgan fingerprint density at radius 3 is 3.22 bits per heavy atom. The minimum absolute atomic E-state index is 0.131. The molecule has 0 N–H and O–H groups in total. The number of ether oxygens (including phenoxy) is 1. The average molecular weight is 266 g/mol. The van der Waals surface area contributed by atoms with Gasteiger partial charge in [0.1, 0.15) is 0 Å². The fourth-order valence-corrected chi connectivity index (χ4v) is 3.19. The van der Waals surface area contributed by atoms with Crippen LogP contribution in [0.15, 0.2) is 24.4 Å². The summed E-state index contributed by atoms with van der Waals surface area (Å²) in [4.78, 5) is 18.1. The summed E-state index contributed by atoms with van der Waals surface area (Å²) in [6.45, 7) is 1.81. The van der Waals surface area contributed by atoms with E-state index in [0.29, 0.717) is 6.42 Å². The van der Waals surface area contributed by atoms with Crippen LogP contribution in [0.2, 0.25) is 0 Å². The number of nitrogens with zero attached hydrogens (tertiary/aromatic N) is 2. The lowest BCUT2D eigenvalue weighted by Crippen LogP contribution is -2.43. The summed E-state index contributed by atoms with van der Waals surface area (Å²) in [5, 5.41) is 0. The van der Waals surface area contributed by atoms with Crippen LogP contribution in [0.5, 0.6) is 0 Å². The molecule has 0 aliphatic carbocycles. The Labute approximate surface area is 112 Å². The summed E-state index contributed by atoms with van der Waals surface area (Å²) in [5.74, 6) is 1.97. The van der Waals surface area contributed by atoms with Gasteiger partial charge in [0.2, 0.25) is 0 Å². The topological polar surface area (TPSA) is 42.4 Å². The molecule has 1 aliphatic heterocycles. The number of methoxy groups -OCH3 is 1. The molecular weight excluding hydrogens is 248 g/mol. The molecule has 0 spiro atoms. The summed E-state index contributed by atoms with van der Waals surface area (Å²) in [7, 11) is 1.45. The maximum atomic E-state index is 11.4. The maximum Gasteiger partial charge on any atom is 0.307 e. The first-order valence-corrected chi connectivity index (χ1v) is 7.23. The zero-order valence-electron chi connectivity index (χ0n) is 10.5. The van der Waals surface area contributed by atoms with Crippen molar-refractivity contribution in [2.75, 3.05) is 25.2 Å². The quantitative estimate of drug-likeness (QED) is 0.774. The standard InChI is InChI=1S/C13H18N2O2S/c1-17-13(16)8-12-10-18-7-6-15(12)9-11-4-2-3-5-14-11/h2-5,12H,6-10H2,1H3.